The van der Waals surface area contributed by atoms with Crippen LogP contribution < -0.4 is 14.8 Å². The molecule has 0 atom stereocenters. The normalized spacial score (nSPS) is 11.1. The summed E-state index contributed by atoms with van der Waals surface area (Å²) in [5.74, 6) is -0.769. The second kappa shape index (κ2) is 9.79. The van der Waals surface area contributed by atoms with Gasteiger partial charge in [0.1, 0.15) is 22.0 Å². The summed E-state index contributed by atoms with van der Waals surface area (Å²) in [7, 11) is 1.77. The predicted octanol–water partition coefficient (Wildman–Crippen LogP) is 2.40. The standard InChI is InChI=1S/C19H21ClN2O7S/c1-22(2)30(25,26)17-9-12(5-7-15(17)20)21-18(23)11-29-19(24)14-10-13(27-3)6-8-16(14)28-4/h5-10H,11H2,1-4H3,(H,21,23). The van der Waals surface area contributed by atoms with Gasteiger partial charge in [0.15, 0.2) is 6.61 Å². The van der Waals surface area contributed by atoms with Gasteiger partial charge >= 0.3 is 5.97 Å². The van der Waals surface area contributed by atoms with Crippen molar-refractivity contribution in [2.75, 3.05) is 40.2 Å². The number of carbonyl (C=O) groups is 2. The lowest BCUT2D eigenvalue weighted by Crippen LogP contribution is -2.23. The third-order valence-corrected chi connectivity index (χ3v) is 6.23. The molecule has 0 aliphatic rings. The second-order valence-electron chi connectivity index (χ2n) is 6.12. The van der Waals surface area contributed by atoms with E-state index in [2.05, 4.69) is 5.32 Å². The zero-order valence-electron chi connectivity index (χ0n) is 16.8. The van der Waals surface area contributed by atoms with Crippen LogP contribution in [0.2, 0.25) is 5.02 Å². The van der Waals surface area contributed by atoms with Crippen molar-refractivity contribution >= 4 is 39.2 Å². The fourth-order valence-corrected chi connectivity index (χ4v) is 3.75. The van der Waals surface area contributed by atoms with Crippen LogP contribution in [0.3, 0.4) is 0 Å². The molecular weight excluding hydrogens is 436 g/mol. The van der Waals surface area contributed by atoms with Gasteiger partial charge < -0.3 is 19.5 Å². The molecule has 0 unspecified atom stereocenters. The lowest BCUT2D eigenvalue weighted by molar-refractivity contribution is -0.119. The van der Waals surface area contributed by atoms with Crippen molar-refractivity contribution in [3.8, 4) is 11.5 Å². The van der Waals surface area contributed by atoms with E-state index in [0.29, 0.717) is 5.75 Å². The number of sulfonamides is 1. The van der Waals surface area contributed by atoms with E-state index in [-0.39, 0.29) is 26.9 Å². The molecule has 0 radical (unpaired) electrons. The van der Waals surface area contributed by atoms with E-state index in [9.17, 15) is 18.0 Å². The van der Waals surface area contributed by atoms with Gasteiger partial charge in [-0.3, -0.25) is 4.79 Å². The number of hydrogen-bond acceptors (Lipinski definition) is 7. The van der Waals surface area contributed by atoms with E-state index in [1.807, 2.05) is 0 Å². The minimum atomic E-state index is -3.80. The van der Waals surface area contributed by atoms with Crippen molar-refractivity contribution in [2.24, 2.45) is 0 Å². The average molecular weight is 457 g/mol. The van der Waals surface area contributed by atoms with Crippen LogP contribution in [0.15, 0.2) is 41.3 Å². The molecule has 0 bridgehead atoms. The third-order valence-electron chi connectivity index (χ3n) is 3.93. The summed E-state index contributed by atoms with van der Waals surface area (Å²) in [6, 6.07) is 8.58. The number of halogens is 1. The number of nitrogens with zero attached hydrogens (tertiary/aromatic N) is 1. The highest BCUT2D eigenvalue weighted by Gasteiger charge is 2.22. The maximum Gasteiger partial charge on any atom is 0.342 e. The van der Waals surface area contributed by atoms with Gasteiger partial charge in [0.25, 0.3) is 5.91 Å². The van der Waals surface area contributed by atoms with Crippen molar-refractivity contribution < 1.29 is 32.2 Å². The lowest BCUT2D eigenvalue weighted by atomic mass is 10.2. The van der Waals surface area contributed by atoms with E-state index in [1.165, 1.54) is 58.6 Å². The van der Waals surface area contributed by atoms with Gasteiger partial charge in [0.2, 0.25) is 10.0 Å². The Morgan fingerprint density at radius 2 is 1.77 bits per heavy atom. The Morgan fingerprint density at radius 1 is 1.07 bits per heavy atom. The Hall–Kier alpha value is -2.82. The zero-order valence-corrected chi connectivity index (χ0v) is 18.3. The molecule has 30 heavy (non-hydrogen) atoms. The molecule has 2 aromatic rings. The lowest BCUT2D eigenvalue weighted by Gasteiger charge is -2.14. The molecular formula is C19H21ClN2O7S. The number of benzene rings is 2. The first-order valence-corrected chi connectivity index (χ1v) is 10.3. The molecule has 0 aliphatic carbocycles. The number of esters is 1. The second-order valence-corrected chi connectivity index (χ2v) is 8.65. The average Bonchev–Trinajstić information content (AvgIpc) is 2.72. The predicted molar refractivity (Wildman–Crippen MR) is 111 cm³/mol. The molecule has 11 heteroatoms. The van der Waals surface area contributed by atoms with Crippen molar-refractivity contribution in [3.05, 3.63) is 47.0 Å². The molecule has 0 aromatic heterocycles. The van der Waals surface area contributed by atoms with Gasteiger partial charge in [-0.1, -0.05) is 11.6 Å². The zero-order chi connectivity index (χ0) is 22.5. The topological polar surface area (TPSA) is 111 Å². The maximum atomic E-state index is 12.3. The molecule has 0 saturated heterocycles. The minimum absolute atomic E-state index is 0.0123. The molecule has 9 nitrogen and oxygen atoms in total. The molecule has 2 rings (SSSR count). The summed E-state index contributed by atoms with van der Waals surface area (Å²) in [6.45, 7) is -0.600. The summed E-state index contributed by atoms with van der Waals surface area (Å²) in [5, 5.41) is 2.48. The van der Waals surface area contributed by atoms with Crippen LogP contribution in [-0.2, 0) is 19.6 Å². The summed E-state index contributed by atoms with van der Waals surface area (Å²) in [4.78, 5) is 24.3. The van der Waals surface area contributed by atoms with Crippen LogP contribution in [0, 0.1) is 0 Å². The Balaban J connectivity index is 2.10. The van der Waals surface area contributed by atoms with Gasteiger partial charge in [-0.05, 0) is 36.4 Å². The number of anilines is 1. The Bertz CT molecular complexity index is 1050. The molecule has 1 amide bonds. The molecule has 0 fully saturated rings. The monoisotopic (exact) mass is 456 g/mol. The van der Waals surface area contributed by atoms with E-state index in [0.717, 1.165) is 4.31 Å². The summed E-state index contributed by atoms with van der Waals surface area (Å²) in [6.07, 6.45) is 0. The highest BCUT2D eigenvalue weighted by atomic mass is 35.5. The quantitative estimate of drug-likeness (QED) is 0.607. The number of ether oxygens (including phenoxy) is 3. The van der Waals surface area contributed by atoms with Crippen molar-refractivity contribution in [1.29, 1.82) is 0 Å². The Labute approximate surface area is 179 Å². The number of carbonyl (C=O) groups excluding carboxylic acids is 2. The van der Waals surface area contributed by atoms with E-state index in [4.69, 9.17) is 25.8 Å². The van der Waals surface area contributed by atoms with Crippen molar-refractivity contribution in [3.63, 3.8) is 0 Å². The van der Waals surface area contributed by atoms with E-state index in [1.54, 1.807) is 6.07 Å². The van der Waals surface area contributed by atoms with E-state index < -0.39 is 28.5 Å². The highest BCUT2D eigenvalue weighted by molar-refractivity contribution is 7.89. The van der Waals surface area contributed by atoms with Crippen LogP contribution in [-0.4, -0.2) is 59.5 Å². The van der Waals surface area contributed by atoms with Crippen LogP contribution >= 0.6 is 11.6 Å². The van der Waals surface area contributed by atoms with Crippen LogP contribution in [0.5, 0.6) is 11.5 Å². The van der Waals surface area contributed by atoms with Crippen LogP contribution in [0.1, 0.15) is 10.4 Å². The molecule has 0 heterocycles. The van der Waals surface area contributed by atoms with Gasteiger partial charge in [-0.2, -0.15) is 0 Å². The summed E-state index contributed by atoms with van der Waals surface area (Å²) < 4.78 is 40.8. The number of rotatable bonds is 8. The maximum absolute atomic E-state index is 12.3. The molecule has 0 aliphatic heterocycles. The van der Waals surface area contributed by atoms with Gasteiger partial charge in [-0.15, -0.1) is 0 Å². The number of nitrogens with one attached hydrogen (secondary N) is 1. The molecule has 1 N–H and O–H groups in total. The Morgan fingerprint density at radius 3 is 2.37 bits per heavy atom. The number of hydrogen-bond donors (Lipinski definition) is 1. The fourth-order valence-electron chi connectivity index (χ4n) is 2.35. The largest absolute Gasteiger partial charge is 0.497 e. The molecule has 162 valence electrons. The molecule has 0 spiro atoms. The Kier molecular flexibility index (Phi) is 7.65. The third kappa shape index (κ3) is 5.41. The van der Waals surface area contributed by atoms with Gasteiger partial charge in [-0.25, -0.2) is 17.5 Å². The van der Waals surface area contributed by atoms with Crippen LogP contribution in [0.4, 0.5) is 5.69 Å². The van der Waals surface area contributed by atoms with Crippen molar-refractivity contribution in [1.82, 2.24) is 4.31 Å². The minimum Gasteiger partial charge on any atom is -0.497 e. The highest BCUT2D eigenvalue weighted by Crippen LogP contribution is 2.27. The van der Waals surface area contributed by atoms with Crippen LogP contribution in [0.25, 0.3) is 0 Å². The fraction of sp³-hybridized carbons (Fsp3) is 0.263. The van der Waals surface area contributed by atoms with Gasteiger partial charge in [0.05, 0.1) is 19.2 Å². The molecule has 2 aromatic carbocycles. The first-order chi connectivity index (χ1) is 14.1. The molecule has 0 saturated carbocycles. The SMILES string of the molecule is COc1ccc(OC)c(C(=O)OCC(=O)Nc2ccc(Cl)c(S(=O)(=O)N(C)C)c2)c1. The number of methoxy groups -OCH3 is 2. The summed E-state index contributed by atoms with van der Waals surface area (Å²) in [5.41, 5.74) is 0.273. The summed E-state index contributed by atoms with van der Waals surface area (Å²) >= 11 is 5.98. The first kappa shape index (κ1) is 23.5. The van der Waals surface area contributed by atoms with Gasteiger partial charge in [0, 0.05) is 19.8 Å². The first-order valence-electron chi connectivity index (χ1n) is 8.51. The number of amides is 1. The van der Waals surface area contributed by atoms with Crippen molar-refractivity contribution in [2.45, 2.75) is 4.90 Å². The van der Waals surface area contributed by atoms with E-state index >= 15 is 0 Å². The smallest absolute Gasteiger partial charge is 0.342 e.